The Bertz CT molecular complexity index is 1050. The fourth-order valence-electron chi connectivity index (χ4n) is 2.27. The number of fused-ring (bicyclic) bond motifs is 1. The van der Waals surface area contributed by atoms with Gasteiger partial charge < -0.3 is 5.11 Å². The molecule has 7 nitrogen and oxygen atoms in total. The van der Waals surface area contributed by atoms with Gasteiger partial charge in [0.2, 0.25) is 0 Å². The van der Waals surface area contributed by atoms with Crippen LogP contribution >= 0.6 is 11.3 Å². The molecule has 0 aliphatic rings. The lowest BCUT2D eigenvalue weighted by Gasteiger charge is -1.98. The van der Waals surface area contributed by atoms with Gasteiger partial charge in [0, 0.05) is 5.69 Å². The van der Waals surface area contributed by atoms with Gasteiger partial charge in [-0.05, 0) is 49.7 Å². The normalized spacial score (nSPS) is 12.3. The van der Waals surface area contributed by atoms with E-state index < -0.39 is 10.1 Å². The van der Waals surface area contributed by atoms with Crippen LogP contribution in [0.4, 0.5) is 10.7 Å². The zero-order valence-electron chi connectivity index (χ0n) is 12.8. The lowest BCUT2D eigenvalue weighted by atomic mass is 10.2. The molecule has 0 aliphatic carbocycles. The maximum Gasteiger partial charge on any atom is 0.294 e. The van der Waals surface area contributed by atoms with Gasteiger partial charge in [-0.15, -0.1) is 10.2 Å². The van der Waals surface area contributed by atoms with E-state index in [2.05, 4.69) is 15.2 Å². The number of nitrogens with zero attached hydrogens (tertiary/aromatic N) is 3. The summed E-state index contributed by atoms with van der Waals surface area (Å²) < 4.78 is 30.9. The molecular weight excluding hydrogens is 350 g/mol. The molecule has 0 atom stereocenters. The third-order valence-electron chi connectivity index (χ3n) is 3.34. The van der Waals surface area contributed by atoms with E-state index in [1.807, 2.05) is 19.9 Å². The molecule has 2 N–H and O–H groups in total. The molecule has 3 rings (SSSR count). The van der Waals surface area contributed by atoms with Crippen LogP contribution in [0.2, 0.25) is 0 Å². The number of thiophene rings is 1. The van der Waals surface area contributed by atoms with E-state index in [1.165, 1.54) is 35.6 Å². The maximum absolute atomic E-state index is 11.0. The Labute approximate surface area is 142 Å². The molecule has 0 spiro atoms. The third kappa shape index (κ3) is 3.14. The van der Waals surface area contributed by atoms with Gasteiger partial charge in [-0.3, -0.25) is 4.55 Å². The van der Waals surface area contributed by atoms with Crippen LogP contribution in [-0.4, -0.2) is 23.1 Å². The van der Waals surface area contributed by atoms with E-state index in [0.717, 1.165) is 11.3 Å². The van der Waals surface area contributed by atoms with Crippen LogP contribution in [0.25, 0.3) is 10.2 Å². The Hall–Kier alpha value is -2.36. The van der Waals surface area contributed by atoms with Gasteiger partial charge in [0.1, 0.15) is 4.83 Å². The van der Waals surface area contributed by atoms with Gasteiger partial charge >= 0.3 is 0 Å². The van der Waals surface area contributed by atoms with E-state index in [-0.39, 0.29) is 10.6 Å². The smallest absolute Gasteiger partial charge is 0.294 e. The van der Waals surface area contributed by atoms with Crippen molar-refractivity contribution >= 4 is 42.4 Å². The van der Waals surface area contributed by atoms with Gasteiger partial charge in [0.05, 0.1) is 16.0 Å². The van der Waals surface area contributed by atoms with Crippen LogP contribution in [-0.2, 0) is 10.1 Å². The fourth-order valence-corrected chi connectivity index (χ4v) is 3.76. The van der Waals surface area contributed by atoms with Gasteiger partial charge in [-0.25, -0.2) is 4.98 Å². The second-order valence-corrected chi connectivity index (χ2v) is 7.58. The minimum absolute atomic E-state index is 0.0262. The average molecular weight is 363 g/mol. The highest BCUT2D eigenvalue weighted by Gasteiger charge is 2.15. The number of rotatable bonds is 3. The van der Waals surface area contributed by atoms with E-state index in [1.54, 1.807) is 0 Å². The average Bonchev–Trinajstić information content (AvgIpc) is 2.81. The quantitative estimate of drug-likeness (QED) is 0.533. The first kappa shape index (κ1) is 16.5. The summed E-state index contributed by atoms with van der Waals surface area (Å²) in [6, 6.07) is 7.14. The summed E-state index contributed by atoms with van der Waals surface area (Å²) >= 11 is 1.22. The Morgan fingerprint density at radius 2 is 1.79 bits per heavy atom. The molecule has 0 saturated carbocycles. The number of hydrogen-bond donors (Lipinski definition) is 2. The number of azo groups is 1. The van der Waals surface area contributed by atoms with Crippen molar-refractivity contribution in [3.63, 3.8) is 0 Å². The number of aromatic hydroxyl groups is 1. The molecule has 0 saturated heterocycles. The number of aromatic nitrogens is 1. The van der Waals surface area contributed by atoms with Crippen molar-refractivity contribution in [2.24, 2.45) is 10.2 Å². The van der Waals surface area contributed by atoms with Crippen molar-refractivity contribution in [2.75, 3.05) is 0 Å². The molecule has 124 valence electrons. The highest BCUT2D eigenvalue weighted by molar-refractivity contribution is 7.85. The zero-order valence-corrected chi connectivity index (χ0v) is 14.4. The van der Waals surface area contributed by atoms with Crippen LogP contribution in [0.3, 0.4) is 0 Å². The molecule has 0 radical (unpaired) electrons. The minimum Gasteiger partial charge on any atom is -0.504 e. The second-order valence-electron chi connectivity index (χ2n) is 5.19. The number of aryl methyl sites for hydroxylation is 2. The molecule has 0 unspecified atom stereocenters. The Morgan fingerprint density at radius 3 is 2.42 bits per heavy atom. The summed E-state index contributed by atoms with van der Waals surface area (Å²) in [5.41, 5.74) is 2.15. The summed E-state index contributed by atoms with van der Waals surface area (Å²) in [6.07, 6.45) is 0. The Morgan fingerprint density at radius 1 is 1.12 bits per heavy atom. The van der Waals surface area contributed by atoms with Crippen molar-refractivity contribution in [2.45, 2.75) is 18.7 Å². The molecule has 0 amide bonds. The molecular formula is C15H13N3O4S2. The lowest BCUT2D eigenvalue weighted by Crippen LogP contribution is -1.96. The highest BCUT2D eigenvalue weighted by Crippen LogP contribution is 2.44. The third-order valence-corrected chi connectivity index (χ3v) is 5.16. The highest BCUT2D eigenvalue weighted by atomic mass is 32.2. The molecule has 2 aromatic heterocycles. The Kier molecular flexibility index (Phi) is 4.08. The summed E-state index contributed by atoms with van der Waals surface area (Å²) in [5.74, 6) is 0.0262. The molecule has 2 heterocycles. The Balaban J connectivity index is 1.96. The second kappa shape index (κ2) is 5.93. The standard InChI is InChI=1S/C15H13N3O4S2/c1-8-7-9(2)16-14-12(8)13(19)15(23-14)18-17-10-3-5-11(6-4-10)24(20,21)22/h3-7,19H,1-2H3,(H,20,21,22). The number of pyridine rings is 1. The summed E-state index contributed by atoms with van der Waals surface area (Å²) in [5, 5.41) is 19.3. The van der Waals surface area contributed by atoms with E-state index in [9.17, 15) is 13.5 Å². The summed E-state index contributed by atoms with van der Waals surface area (Å²) in [6.45, 7) is 3.76. The molecule has 3 aromatic rings. The first-order valence-electron chi connectivity index (χ1n) is 6.85. The van der Waals surface area contributed by atoms with Crippen LogP contribution in [0.15, 0.2) is 45.5 Å². The molecule has 0 bridgehead atoms. The van der Waals surface area contributed by atoms with Crippen LogP contribution < -0.4 is 0 Å². The van der Waals surface area contributed by atoms with Crippen molar-refractivity contribution in [3.8, 4) is 5.75 Å². The van der Waals surface area contributed by atoms with Crippen LogP contribution in [0, 0.1) is 13.8 Å². The van der Waals surface area contributed by atoms with Crippen molar-refractivity contribution < 1.29 is 18.1 Å². The van der Waals surface area contributed by atoms with Crippen molar-refractivity contribution in [1.29, 1.82) is 0 Å². The van der Waals surface area contributed by atoms with Crippen LogP contribution in [0.5, 0.6) is 5.75 Å². The summed E-state index contributed by atoms with van der Waals surface area (Å²) in [4.78, 5) is 4.83. The van der Waals surface area contributed by atoms with Gasteiger partial charge in [-0.1, -0.05) is 11.3 Å². The van der Waals surface area contributed by atoms with Gasteiger partial charge in [0.15, 0.2) is 10.8 Å². The summed E-state index contributed by atoms with van der Waals surface area (Å²) in [7, 11) is -4.24. The van der Waals surface area contributed by atoms with Crippen molar-refractivity contribution in [1.82, 2.24) is 4.98 Å². The first-order valence-corrected chi connectivity index (χ1v) is 9.10. The largest absolute Gasteiger partial charge is 0.504 e. The monoisotopic (exact) mass is 363 g/mol. The first-order chi connectivity index (χ1) is 11.3. The molecule has 0 fully saturated rings. The maximum atomic E-state index is 11.0. The molecule has 1 aromatic carbocycles. The predicted molar refractivity (Wildman–Crippen MR) is 91.2 cm³/mol. The molecule has 9 heteroatoms. The van der Waals surface area contributed by atoms with E-state index in [0.29, 0.717) is 20.9 Å². The van der Waals surface area contributed by atoms with E-state index in [4.69, 9.17) is 4.55 Å². The fraction of sp³-hybridized carbons (Fsp3) is 0.133. The minimum atomic E-state index is -4.24. The number of benzene rings is 1. The SMILES string of the molecule is Cc1cc(C)c2c(O)c(N=Nc3ccc(S(=O)(=O)O)cc3)sc2n1. The molecule has 0 aliphatic heterocycles. The topological polar surface area (TPSA) is 112 Å². The predicted octanol–water partition coefficient (Wildman–Crippen LogP) is 4.28. The zero-order chi connectivity index (χ0) is 17.5. The van der Waals surface area contributed by atoms with Gasteiger partial charge in [0.25, 0.3) is 10.1 Å². The number of hydrogen-bond acceptors (Lipinski definition) is 7. The lowest BCUT2D eigenvalue weighted by molar-refractivity contribution is 0.482. The van der Waals surface area contributed by atoms with Crippen LogP contribution in [0.1, 0.15) is 11.3 Å². The van der Waals surface area contributed by atoms with Gasteiger partial charge in [-0.2, -0.15) is 8.42 Å². The van der Waals surface area contributed by atoms with Crippen molar-refractivity contribution in [3.05, 3.63) is 41.6 Å². The van der Waals surface area contributed by atoms with E-state index >= 15 is 0 Å². The molecule has 24 heavy (non-hydrogen) atoms.